The molecule has 0 bridgehead atoms. The van der Waals surface area contributed by atoms with Crippen molar-refractivity contribution in [1.29, 1.82) is 10.5 Å². The lowest BCUT2D eigenvalue weighted by atomic mass is 9.95. The Hall–Kier alpha value is -10.8. The Balaban J connectivity index is 0.000000167. The smallest absolute Gasteiger partial charge is 0.410 e. The van der Waals surface area contributed by atoms with Gasteiger partial charge in [0, 0.05) is 154 Å². The molecule has 3 fully saturated rings. The molecule has 0 radical (unpaired) electrons. The number of pyridine rings is 3. The second-order valence-electron chi connectivity index (χ2n) is 27.4. The summed E-state index contributed by atoms with van der Waals surface area (Å²) in [6.45, 7) is 10.4. The highest BCUT2D eigenvalue weighted by Crippen LogP contribution is 2.39. The van der Waals surface area contributed by atoms with Gasteiger partial charge in [-0.3, -0.25) is 9.59 Å². The molecule has 0 saturated carbocycles. The molecule has 3 saturated heterocycles. The molecule has 33 heteroatoms. The predicted molar refractivity (Wildman–Crippen MR) is 383 cm³/mol. The number of amides is 2. The number of carbonyl (C=O) groups is 3. The van der Waals surface area contributed by atoms with Crippen LogP contribution in [0.2, 0.25) is 25.7 Å². The number of piperidine rings is 3. The molecule has 0 spiro atoms. The molecule has 1 aromatic carbocycles. The second kappa shape index (κ2) is 34.9. The van der Waals surface area contributed by atoms with Crippen LogP contribution in [0.15, 0.2) is 123 Å². The summed E-state index contributed by atoms with van der Waals surface area (Å²) in [7, 11) is -1.22. The second-order valence-corrected chi connectivity index (χ2v) is 33.0. The summed E-state index contributed by atoms with van der Waals surface area (Å²) >= 11 is 0. The molecule has 0 aliphatic carbocycles. The summed E-state index contributed by atoms with van der Waals surface area (Å²) < 4.78 is 94.0. The number of carboxylic acids is 1. The first-order valence-corrected chi connectivity index (χ1v) is 37.8. The van der Waals surface area contributed by atoms with Crippen LogP contribution < -0.4 is 21.3 Å². The fourth-order valence-corrected chi connectivity index (χ4v) is 13.6. The van der Waals surface area contributed by atoms with Gasteiger partial charge in [-0.2, -0.15) is 52.2 Å². The van der Waals surface area contributed by atoms with Gasteiger partial charge in [0.2, 0.25) is 5.91 Å². The van der Waals surface area contributed by atoms with Crippen molar-refractivity contribution in [3.63, 3.8) is 0 Å². The molecule has 550 valence electrons. The van der Waals surface area contributed by atoms with E-state index in [-0.39, 0.29) is 55.0 Å². The number of ether oxygens (including phenoxy) is 2. The highest BCUT2D eigenvalue weighted by atomic mass is 28.3. The van der Waals surface area contributed by atoms with Gasteiger partial charge in [0.15, 0.2) is 0 Å². The third-order valence-electron chi connectivity index (χ3n) is 17.7. The number of hydrogen-bond acceptors (Lipinski definition) is 17. The van der Waals surface area contributed by atoms with Crippen molar-refractivity contribution in [2.45, 2.75) is 130 Å². The predicted octanol–water partition coefficient (Wildman–Crippen LogP) is 13.7. The van der Waals surface area contributed by atoms with Gasteiger partial charge in [-0.05, 0) is 91.6 Å². The van der Waals surface area contributed by atoms with Crippen LogP contribution in [0.3, 0.4) is 0 Å². The van der Waals surface area contributed by atoms with Gasteiger partial charge in [-0.1, -0.05) is 70.7 Å². The van der Waals surface area contributed by atoms with Crippen molar-refractivity contribution in [1.82, 2.24) is 73.9 Å². The Kier molecular flexibility index (Phi) is 25.5. The van der Waals surface area contributed by atoms with Crippen molar-refractivity contribution in [3.05, 3.63) is 128 Å². The molecule has 10 aromatic rings. The Morgan fingerprint density at radius 3 is 1.58 bits per heavy atom. The Morgan fingerprint density at radius 1 is 0.606 bits per heavy atom. The fourth-order valence-electron chi connectivity index (χ4n) is 12.8. The van der Waals surface area contributed by atoms with Crippen LogP contribution in [0.4, 0.5) is 48.2 Å². The number of anilines is 3. The first-order chi connectivity index (χ1) is 49.9. The lowest BCUT2D eigenvalue weighted by Gasteiger charge is -2.37. The minimum atomic E-state index is -2.74. The molecular formula is C71H84F6N20O6Si. The summed E-state index contributed by atoms with van der Waals surface area (Å²) in [5, 5.41) is 53.0. The zero-order valence-electron chi connectivity index (χ0n) is 58.4. The summed E-state index contributed by atoms with van der Waals surface area (Å²) in [6.07, 6.45) is 16.0. The maximum Gasteiger partial charge on any atom is 0.410 e. The van der Waals surface area contributed by atoms with E-state index in [1.54, 1.807) is 46.7 Å². The van der Waals surface area contributed by atoms with E-state index in [1.165, 1.54) is 30.7 Å². The number of likely N-dealkylation sites (tertiary alicyclic amines) is 2. The number of nitrogens with zero attached hydrogens (tertiary/aromatic N) is 14. The average Bonchev–Trinajstić information content (AvgIpc) is 1.60. The van der Waals surface area contributed by atoms with E-state index in [9.17, 15) is 40.7 Å². The number of nitrogens with one attached hydrogen (secondary N) is 6. The third-order valence-corrected chi connectivity index (χ3v) is 19.4. The average molecular weight is 1460 g/mol. The van der Waals surface area contributed by atoms with Crippen LogP contribution in [-0.2, 0) is 32.4 Å². The van der Waals surface area contributed by atoms with Crippen molar-refractivity contribution < 1.29 is 55.3 Å². The standard InChI is InChI=1S/C31H40F2N6O3Si.C20H21F2N7O.C17H20F2N6.C3H3NO2/c1-22-16-24(19-38(18-22)31(40)42-20-23-8-6-5-7-9-23)35-28-25-10-12-37(21-41-14-15-43(2,3)4)29(25)34-17-26(28)27-11-13-39(36-27)30(32)33;1-12-8-13(11-28(10-12)17(30)2-5-23)26-18-14-3-6-24-19(14)25-9-15(18)16-4-7-29(27-16)20(21)22;1-10-6-11(8-20-7-10)23-15-12-2-4-21-16(12)22-9-13(15)14-3-5-25(24-14)17(18)19;4-2-1-3(5)6/h5-13,17,22,24,30H,14-16,18-21H2,1-4H3,(H,34,35);3-4,6-7,9,12-13,20H,2,8,10-11H2,1H3,(H2,24,25,26);2-5,9-11,17,20H,6-8H2,1H3,(H2,21,22,23);1H2,(H,5,6)/t22-,24+;12-,13+;10-,11+;/m000./s1. The number of aliphatic carboxylic acids is 1. The van der Waals surface area contributed by atoms with Crippen molar-refractivity contribution in [3.8, 4) is 45.9 Å². The van der Waals surface area contributed by atoms with Gasteiger partial charge >= 0.3 is 31.7 Å². The highest BCUT2D eigenvalue weighted by Gasteiger charge is 2.33. The molecule has 12 heterocycles. The zero-order chi connectivity index (χ0) is 74.2. The quantitative estimate of drug-likeness (QED) is 0.0200. The molecule has 7 N–H and O–H groups in total. The number of hydrogen-bond donors (Lipinski definition) is 7. The normalized spacial score (nSPS) is 18.2. The maximum absolute atomic E-state index is 13.4. The van der Waals surface area contributed by atoms with E-state index in [2.05, 4.69) is 96.9 Å². The van der Waals surface area contributed by atoms with Crippen LogP contribution in [0, 0.1) is 40.4 Å². The van der Waals surface area contributed by atoms with Crippen molar-refractivity contribution in [2.24, 2.45) is 17.8 Å². The number of carbonyl (C=O) groups excluding carboxylic acids is 2. The number of aromatic amines is 2. The van der Waals surface area contributed by atoms with E-state index < -0.39 is 40.1 Å². The number of halogens is 6. The van der Waals surface area contributed by atoms with Gasteiger partial charge in [0.25, 0.3) is 0 Å². The Morgan fingerprint density at radius 2 is 1.10 bits per heavy atom. The topological polar surface area (TPSA) is 321 Å². The number of H-pyrrole nitrogens is 2. The SMILES string of the molecule is C[C@@H]1CNC[C@H](Nc2c(-c3ccn(C(F)F)n3)cnc3[nH]ccc23)C1.C[C@H]1C[C@@H](Nc2c(-c3ccn(C(F)F)n3)cnc3[nH]ccc23)CN(C(=O)CC#N)C1.C[C@H]1C[C@@H](Nc2c(-c3ccn(C(F)F)n3)cnc3c2ccn3COCC[Si](C)(C)C)CN(C(=O)OCc2ccccc2)C1.N#CCC(=O)O. The molecule has 6 atom stereocenters. The highest BCUT2D eigenvalue weighted by molar-refractivity contribution is 6.76. The molecule has 2 amide bonds. The summed E-state index contributed by atoms with van der Waals surface area (Å²) in [5.41, 5.74) is 8.62. The van der Waals surface area contributed by atoms with Gasteiger partial charge in [0.05, 0.1) is 46.3 Å². The summed E-state index contributed by atoms with van der Waals surface area (Å²) in [4.78, 5) is 57.7. The molecule has 3 aliphatic rings. The minimum Gasteiger partial charge on any atom is -0.480 e. The van der Waals surface area contributed by atoms with E-state index in [0.717, 1.165) is 94.0 Å². The molecule has 0 unspecified atom stereocenters. The number of aromatic nitrogens is 12. The van der Waals surface area contributed by atoms with Crippen LogP contribution in [0.5, 0.6) is 0 Å². The fraction of sp³-hybridized carbons (Fsp3) is 0.423. The first kappa shape index (κ1) is 75.9. The Bertz CT molecular complexity index is 4600. The molecule has 13 rings (SSSR count). The van der Waals surface area contributed by atoms with E-state index in [4.69, 9.17) is 30.1 Å². The monoisotopic (exact) mass is 1450 g/mol. The van der Waals surface area contributed by atoms with Gasteiger partial charge in [0.1, 0.15) is 43.1 Å². The minimum absolute atomic E-state index is 0.0622. The number of benzene rings is 1. The van der Waals surface area contributed by atoms with Gasteiger partial charge in [-0.25, -0.2) is 33.8 Å². The van der Waals surface area contributed by atoms with Gasteiger partial charge in [-0.15, -0.1) is 0 Å². The van der Waals surface area contributed by atoms with Crippen molar-refractivity contribution >= 4 is 76.2 Å². The molecule has 104 heavy (non-hydrogen) atoms. The van der Waals surface area contributed by atoms with Gasteiger partial charge < -0.3 is 60.2 Å². The molecule has 3 aliphatic heterocycles. The summed E-state index contributed by atoms with van der Waals surface area (Å²) in [5.74, 6) is -0.204. The third kappa shape index (κ3) is 19.9. The van der Waals surface area contributed by atoms with E-state index in [0.29, 0.717) is 93.3 Å². The molecular weight excluding hydrogens is 1370 g/mol. The Labute approximate surface area is 596 Å². The van der Waals surface area contributed by atoms with E-state index >= 15 is 0 Å². The first-order valence-electron chi connectivity index (χ1n) is 34.1. The van der Waals surface area contributed by atoms with E-state index in [1.807, 2.05) is 71.6 Å². The lowest BCUT2D eigenvalue weighted by Crippen LogP contribution is -2.48. The lowest BCUT2D eigenvalue weighted by molar-refractivity contribution is -0.136. The number of fused-ring (bicyclic) bond motifs is 3. The maximum atomic E-state index is 13.4. The van der Waals surface area contributed by atoms with Crippen LogP contribution in [-0.4, -0.2) is 164 Å². The summed E-state index contributed by atoms with van der Waals surface area (Å²) in [6, 6.07) is 24.6. The number of nitriles is 2. The molecule has 9 aromatic heterocycles. The van der Waals surface area contributed by atoms with Crippen LogP contribution in [0.1, 0.15) is 78.1 Å². The largest absolute Gasteiger partial charge is 0.480 e. The zero-order valence-corrected chi connectivity index (χ0v) is 59.4. The number of rotatable bonds is 21. The molecule has 26 nitrogen and oxygen atoms in total. The van der Waals surface area contributed by atoms with Crippen LogP contribution >= 0.6 is 0 Å². The van der Waals surface area contributed by atoms with Crippen molar-refractivity contribution in [2.75, 3.05) is 61.8 Å². The van der Waals surface area contributed by atoms with Crippen LogP contribution in [0.25, 0.3) is 66.9 Å². The number of carboxylic acid groups (broad SMARTS) is 1. The number of alkyl halides is 6.